The molecule has 0 spiro atoms. The average molecular weight is 276 g/mol. The van der Waals surface area contributed by atoms with Crippen LogP contribution in [-0.2, 0) is 6.54 Å². The molecule has 1 aromatic carbocycles. The number of rotatable bonds is 5. The summed E-state index contributed by atoms with van der Waals surface area (Å²) in [5, 5.41) is 14.1. The van der Waals surface area contributed by atoms with Gasteiger partial charge >= 0.3 is 5.97 Å². The van der Waals surface area contributed by atoms with Gasteiger partial charge in [-0.05, 0) is 35.2 Å². The summed E-state index contributed by atoms with van der Waals surface area (Å²) in [4.78, 5) is 13.4. The van der Waals surface area contributed by atoms with Crippen LogP contribution < -0.4 is 10.2 Å². The minimum atomic E-state index is -0.867. The highest BCUT2D eigenvalue weighted by molar-refractivity contribution is 7.12. The van der Waals surface area contributed by atoms with Crippen LogP contribution in [-0.4, -0.2) is 25.2 Å². The molecule has 5 heteroatoms. The topological polar surface area (TPSA) is 52.6 Å². The van der Waals surface area contributed by atoms with Crippen LogP contribution in [0.25, 0.3) is 0 Å². The molecule has 0 saturated carbocycles. The molecule has 2 aromatic rings. The first-order valence-electron chi connectivity index (χ1n) is 5.89. The fourth-order valence-corrected chi connectivity index (χ4v) is 2.51. The molecule has 0 aliphatic heterocycles. The van der Waals surface area contributed by atoms with Crippen LogP contribution in [0, 0.1) is 0 Å². The molecular formula is C14H16N2O2S. The van der Waals surface area contributed by atoms with Crippen LogP contribution in [0.3, 0.4) is 0 Å². The Morgan fingerprint density at radius 3 is 2.84 bits per heavy atom. The van der Waals surface area contributed by atoms with Gasteiger partial charge in [0.25, 0.3) is 0 Å². The van der Waals surface area contributed by atoms with Crippen LogP contribution in [0.15, 0.2) is 35.7 Å². The van der Waals surface area contributed by atoms with Gasteiger partial charge in [-0.1, -0.05) is 6.07 Å². The van der Waals surface area contributed by atoms with Crippen molar-refractivity contribution in [2.45, 2.75) is 6.54 Å². The van der Waals surface area contributed by atoms with E-state index >= 15 is 0 Å². The van der Waals surface area contributed by atoms with Crippen molar-refractivity contribution < 1.29 is 9.90 Å². The Hall–Kier alpha value is -2.01. The Kier molecular flexibility index (Phi) is 4.06. The Labute approximate surface area is 116 Å². The van der Waals surface area contributed by atoms with Gasteiger partial charge in [-0.15, -0.1) is 11.3 Å². The first-order valence-corrected chi connectivity index (χ1v) is 6.77. The van der Waals surface area contributed by atoms with Crippen molar-refractivity contribution in [2.24, 2.45) is 0 Å². The lowest BCUT2D eigenvalue weighted by molar-refractivity contribution is 0.0701. The smallest absolute Gasteiger partial charge is 0.346 e. The Balaban J connectivity index is 2.08. The molecule has 0 unspecified atom stereocenters. The molecule has 0 bridgehead atoms. The minimum Gasteiger partial charge on any atom is -0.477 e. The molecule has 2 N–H and O–H groups in total. The van der Waals surface area contributed by atoms with Gasteiger partial charge in [0.2, 0.25) is 0 Å². The van der Waals surface area contributed by atoms with Crippen LogP contribution in [0.4, 0.5) is 11.4 Å². The number of aromatic carboxylic acids is 1. The van der Waals surface area contributed by atoms with Crippen molar-refractivity contribution in [1.82, 2.24) is 0 Å². The molecular weight excluding hydrogens is 260 g/mol. The molecule has 2 rings (SSSR count). The molecule has 1 aromatic heterocycles. The number of benzene rings is 1. The molecule has 0 saturated heterocycles. The molecule has 0 fully saturated rings. The second-order valence-corrected chi connectivity index (χ2v) is 5.29. The van der Waals surface area contributed by atoms with E-state index in [1.54, 1.807) is 5.38 Å². The number of thiophene rings is 1. The van der Waals surface area contributed by atoms with E-state index in [1.165, 1.54) is 11.3 Å². The van der Waals surface area contributed by atoms with Crippen molar-refractivity contribution in [2.75, 3.05) is 24.3 Å². The van der Waals surface area contributed by atoms with Crippen molar-refractivity contribution in [3.05, 3.63) is 46.2 Å². The maximum absolute atomic E-state index is 11.0. The van der Waals surface area contributed by atoms with Crippen molar-refractivity contribution in [3.8, 4) is 0 Å². The standard InChI is InChI=1S/C14H16N2O2S/c1-16(2)12-5-3-4-11(8-12)15-9-10-6-7-19-13(10)14(17)18/h3-8,15H,9H2,1-2H3,(H,17,18). The monoisotopic (exact) mass is 276 g/mol. The number of carbonyl (C=O) groups is 1. The number of anilines is 2. The van der Waals surface area contributed by atoms with E-state index in [0.717, 1.165) is 16.9 Å². The van der Waals surface area contributed by atoms with Crippen LogP contribution in [0.1, 0.15) is 15.2 Å². The summed E-state index contributed by atoms with van der Waals surface area (Å²) in [5.41, 5.74) is 2.90. The number of nitrogens with one attached hydrogen (secondary N) is 1. The average Bonchev–Trinajstić information content (AvgIpc) is 2.85. The first kappa shape index (κ1) is 13.4. The van der Waals surface area contributed by atoms with Crippen molar-refractivity contribution in [1.29, 1.82) is 0 Å². The number of carboxylic acids is 1. The minimum absolute atomic E-state index is 0.399. The van der Waals surface area contributed by atoms with E-state index in [1.807, 2.05) is 49.3 Å². The van der Waals surface area contributed by atoms with E-state index in [2.05, 4.69) is 5.32 Å². The molecule has 0 radical (unpaired) electrons. The normalized spacial score (nSPS) is 10.2. The predicted octanol–water partition coefficient (Wildman–Crippen LogP) is 3.12. The molecule has 19 heavy (non-hydrogen) atoms. The maximum Gasteiger partial charge on any atom is 0.346 e. The lowest BCUT2D eigenvalue weighted by Gasteiger charge is -2.14. The zero-order valence-corrected chi connectivity index (χ0v) is 11.7. The third kappa shape index (κ3) is 3.26. The zero-order chi connectivity index (χ0) is 13.8. The van der Waals surface area contributed by atoms with Gasteiger partial charge in [-0.2, -0.15) is 0 Å². The quantitative estimate of drug-likeness (QED) is 0.881. The van der Waals surface area contributed by atoms with E-state index in [-0.39, 0.29) is 0 Å². The summed E-state index contributed by atoms with van der Waals surface area (Å²) < 4.78 is 0. The molecule has 0 aliphatic rings. The number of hydrogen-bond donors (Lipinski definition) is 2. The second kappa shape index (κ2) is 5.75. The van der Waals surface area contributed by atoms with Gasteiger partial charge in [0.1, 0.15) is 4.88 Å². The molecule has 0 amide bonds. The summed E-state index contributed by atoms with van der Waals surface area (Å²) in [6, 6.07) is 9.85. The highest BCUT2D eigenvalue weighted by atomic mass is 32.1. The fourth-order valence-electron chi connectivity index (χ4n) is 1.75. The third-order valence-corrected chi connectivity index (χ3v) is 3.73. The summed E-state index contributed by atoms with van der Waals surface area (Å²) in [6.45, 7) is 0.516. The number of hydrogen-bond acceptors (Lipinski definition) is 4. The predicted molar refractivity (Wildman–Crippen MR) is 79.4 cm³/mol. The lowest BCUT2D eigenvalue weighted by Crippen LogP contribution is -2.09. The van der Waals surface area contributed by atoms with Gasteiger partial charge in [0.05, 0.1) is 0 Å². The summed E-state index contributed by atoms with van der Waals surface area (Å²) in [5.74, 6) is -0.867. The lowest BCUT2D eigenvalue weighted by atomic mass is 10.2. The Morgan fingerprint density at radius 1 is 1.37 bits per heavy atom. The van der Waals surface area contributed by atoms with Gasteiger partial charge in [0, 0.05) is 32.0 Å². The molecule has 0 atom stereocenters. The highest BCUT2D eigenvalue weighted by Crippen LogP contribution is 2.21. The maximum atomic E-state index is 11.0. The van der Waals surface area contributed by atoms with Crippen molar-refractivity contribution >= 4 is 28.7 Å². The van der Waals surface area contributed by atoms with Crippen LogP contribution in [0.5, 0.6) is 0 Å². The van der Waals surface area contributed by atoms with E-state index < -0.39 is 5.97 Å². The number of nitrogens with zero attached hydrogens (tertiary/aromatic N) is 1. The molecule has 100 valence electrons. The van der Waals surface area contributed by atoms with Crippen molar-refractivity contribution in [3.63, 3.8) is 0 Å². The summed E-state index contributed by atoms with van der Waals surface area (Å²) in [7, 11) is 3.97. The number of carboxylic acid groups (broad SMARTS) is 1. The van der Waals surface area contributed by atoms with Crippen LogP contribution in [0.2, 0.25) is 0 Å². The SMILES string of the molecule is CN(C)c1cccc(NCc2ccsc2C(=O)O)c1. The summed E-state index contributed by atoms with van der Waals surface area (Å²) >= 11 is 1.25. The zero-order valence-electron chi connectivity index (χ0n) is 10.9. The van der Waals surface area contributed by atoms with Gasteiger partial charge < -0.3 is 15.3 Å². The Bertz CT molecular complexity index is 578. The highest BCUT2D eigenvalue weighted by Gasteiger charge is 2.11. The third-order valence-electron chi connectivity index (χ3n) is 2.79. The first-order chi connectivity index (χ1) is 9.08. The van der Waals surface area contributed by atoms with Gasteiger partial charge in [-0.3, -0.25) is 0 Å². The van der Waals surface area contributed by atoms with Gasteiger partial charge in [-0.25, -0.2) is 4.79 Å². The molecule has 1 heterocycles. The second-order valence-electron chi connectivity index (χ2n) is 4.38. The molecule has 4 nitrogen and oxygen atoms in total. The van der Waals surface area contributed by atoms with Gasteiger partial charge in [0.15, 0.2) is 0 Å². The van der Waals surface area contributed by atoms with Crippen LogP contribution >= 0.6 is 11.3 Å². The largest absolute Gasteiger partial charge is 0.477 e. The van der Waals surface area contributed by atoms with E-state index in [9.17, 15) is 4.79 Å². The van der Waals surface area contributed by atoms with E-state index in [0.29, 0.717) is 11.4 Å². The Morgan fingerprint density at radius 2 is 2.16 bits per heavy atom. The molecule has 0 aliphatic carbocycles. The van der Waals surface area contributed by atoms with E-state index in [4.69, 9.17) is 5.11 Å². The summed E-state index contributed by atoms with van der Waals surface area (Å²) in [6.07, 6.45) is 0. The fraction of sp³-hybridized carbons (Fsp3) is 0.214.